The number of rotatable bonds is 4. The zero-order chi connectivity index (χ0) is 14.8. The van der Waals surface area contributed by atoms with Crippen LogP contribution in [0.2, 0.25) is 0 Å². The molecule has 1 aliphatic rings. The second-order valence-electron chi connectivity index (χ2n) is 5.42. The van der Waals surface area contributed by atoms with E-state index in [4.69, 9.17) is 5.11 Å². The molecule has 2 N–H and O–H groups in total. The SMILES string of the molecule is Cc1c(Br)cccc1C(=O)NC1(CC(=O)O)CCCC1. The van der Waals surface area contributed by atoms with Gasteiger partial charge >= 0.3 is 5.97 Å². The minimum atomic E-state index is -0.863. The Labute approximate surface area is 126 Å². The molecule has 0 heterocycles. The number of carbonyl (C=O) groups is 2. The maximum atomic E-state index is 12.4. The van der Waals surface area contributed by atoms with E-state index in [-0.39, 0.29) is 12.3 Å². The van der Waals surface area contributed by atoms with Gasteiger partial charge in [0.25, 0.3) is 5.91 Å². The summed E-state index contributed by atoms with van der Waals surface area (Å²) in [5.74, 6) is -1.05. The quantitative estimate of drug-likeness (QED) is 0.884. The van der Waals surface area contributed by atoms with Crippen molar-refractivity contribution in [3.8, 4) is 0 Å². The van der Waals surface area contributed by atoms with E-state index in [1.807, 2.05) is 19.1 Å². The van der Waals surface area contributed by atoms with Crippen molar-refractivity contribution in [2.45, 2.75) is 44.6 Å². The van der Waals surface area contributed by atoms with Crippen LogP contribution >= 0.6 is 15.9 Å². The monoisotopic (exact) mass is 339 g/mol. The van der Waals surface area contributed by atoms with Gasteiger partial charge in [-0.3, -0.25) is 9.59 Å². The van der Waals surface area contributed by atoms with Gasteiger partial charge in [0.1, 0.15) is 0 Å². The van der Waals surface area contributed by atoms with Crippen LogP contribution in [0.15, 0.2) is 22.7 Å². The molecule has 1 saturated carbocycles. The topological polar surface area (TPSA) is 66.4 Å². The van der Waals surface area contributed by atoms with E-state index in [9.17, 15) is 9.59 Å². The largest absolute Gasteiger partial charge is 0.481 e. The van der Waals surface area contributed by atoms with Crippen LogP contribution < -0.4 is 5.32 Å². The van der Waals surface area contributed by atoms with Gasteiger partial charge in [-0.1, -0.05) is 34.8 Å². The third-order valence-corrected chi connectivity index (χ3v) is 4.80. The number of hydrogen-bond donors (Lipinski definition) is 2. The Morgan fingerprint density at radius 1 is 1.35 bits per heavy atom. The third kappa shape index (κ3) is 3.20. The van der Waals surface area contributed by atoms with Crippen LogP contribution in [0.4, 0.5) is 0 Å². The summed E-state index contributed by atoms with van der Waals surface area (Å²) in [5, 5.41) is 12.0. The average molecular weight is 340 g/mol. The summed E-state index contributed by atoms with van der Waals surface area (Å²) in [6.07, 6.45) is 3.39. The number of carboxylic acid groups (broad SMARTS) is 1. The van der Waals surface area contributed by atoms with Gasteiger partial charge in [0.15, 0.2) is 0 Å². The summed E-state index contributed by atoms with van der Waals surface area (Å²) in [7, 11) is 0. The van der Waals surface area contributed by atoms with Gasteiger partial charge in [-0.25, -0.2) is 0 Å². The maximum absolute atomic E-state index is 12.4. The molecular formula is C15H18BrNO3. The lowest BCUT2D eigenvalue weighted by atomic mass is 9.92. The van der Waals surface area contributed by atoms with Crippen molar-refractivity contribution in [1.82, 2.24) is 5.32 Å². The normalized spacial score (nSPS) is 16.9. The third-order valence-electron chi connectivity index (χ3n) is 3.94. The molecule has 0 aliphatic heterocycles. The Kier molecular flexibility index (Phi) is 4.48. The van der Waals surface area contributed by atoms with Gasteiger partial charge in [0.05, 0.1) is 12.0 Å². The fourth-order valence-electron chi connectivity index (χ4n) is 2.85. The van der Waals surface area contributed by atoms with Crippen LogP contribution in [0.5, 0.6) is 0 Å². The van der Waals surface area contributed by atoms with Crippen LogP contribution in [0, 0.1) is 6.92 Å². The molecule has 0 unspecified atom stereocenters. The number of amides is 1. The molecule has 0 spiro atoms. The molecule has 1 aliphatic carbocycles. The Hall–Kier alpha value is -1.36. The molecule has 108 valence electrons. The van der Waals surface area contributed by atoms with E-state index >= 15 is 0 Å². The van der Waals surface area contributed by atoms with Crippen LogP contribution in [-0.2, 0) is 4.79 Å². The van der Waals surface area contributed by atoms with E-state index in [1.165, 1.54) is 0 Å². The van der Waals surface area contributed by atoms with Crippen molar-refractivity contribution in [1.29, 1.82) is 0 Å². The zero-order valence-corrected chi connectivity index (χ0v) is 13.0. The molecule has 0 atom stereocenters. The fourth-order valence-corrected chi connectivity index (χ4v) is 3.22. The Balaban J connectivity index is 2.20. The Bertz CT molecular complexity index is 536. The highest BCUT2D eigenvalue weighted by molar-refractivity contribution is 9.10. The molecule has 1 aromatic carbocycles. The molecule has 20 heavy (non-hydrogen) atoms. The van der Waals surface area contributed by atoms with Gasteiger partial charge in [0.2, 0.25) is 0 Å². The Morgan fingerprint density at radius 3 is 2.60 bits per heavy atom. The van der Waals surface area contributed by atoms with Gasteiger partial charge in [0, 0.05) is 10.0 Å². The molecule has 5 heteroatoms. The van der Waals surface area contributed by atoms with Gasteiger partial charge in [-0.05, 0) is 37.5 Å². The highest BCUT2D eigenvalue weighted by Crippen LogP contribution is 2.33. The van der Waals surface area contributed by atoms with E-state index in [2.05, 4.69) is 21.2 Å². The lowest BCUT2D eigenvalue weighted by Gasteiger charge is -2.29. The smallest absolute Gasteiger partial charge is 0.305 e. The van der Waals surface area contributed by atoms with Gasteiger partial charge < -0.3 is 10.4 Å². The molecule has 2 rings (SSSR count). The highest BCUT2D eigenvalue weighted by atomic mass is 79.9. The number of carbonyl (C=O) groups excluding carboxylic acids is 1. The number of benzene rings is 1. The molecule has 0 saturated heterocycles. The second-order valence-corrected chi connectivity index (χ2v) is 6.28. The van der Waals surface area contributed by atoms with Crippen molar-refractivity contribution in [2.24, 2.45) is 0 Å². The summed E-state index contributed by atoms with van der Waals surface area (Å²) in [5.41, 5.74) is 0.877. The number of nitrogens with one attached hydrogen (secondary N) is 1. The average Bonchev–Trinajstić information content (AvgIpc) is 2.79. The molecular weight excluding hydrogens is 322 g/mol. The van der Waals surface area contributed by atoms with Crippen LogP contribution in [0.25, 0.3) is 0 Å². The van der Waals surface area contributed by atoms with Crippen LogP contribution in [0.3, 0.4) is 0 Å². The van der Waals surface area contributed by atoms with E-state index < -0.39 is 11.5 Å². The summed E-state index contributed by atoms with van der Waals surface area (Å²) >= 11 is 3.41. The molecule has 1 fully saturated rings. The predicted octanol–water partition coefficient (Wildman–Crippen LogP) is 3.27. The predicted molar refractivity (Wildman–Crippen MR) is 79.8 cm³/mol. The van der Waals surface area contributed by atoms with E-state index in [0.717, 1.165) is 35.7 Å². The Morgan fingerprint density at radius 2 is 2.00 bits per heavy atom. The van der Waals surface area contributed by atoms with Crippen molar-refractivity contribution in [2.75, 3.05) is 0 Å². The lowest BCUT2D eigenvalue weighted by Crippen LogP contribution is -2.48. The van der Waals surface area contributed by atoms with Crippen molar-refractivity contribution in [3.63, 3.8) is 0 Å². The second kappa shape index (κ2) is 5.95. The first-order valence-corrected chi connectivity index (χ1v) is 7.52. The first-order chi connectivity index (χ1) is 9.43. The highest BCUT2D eigenvalue weighted by Gasteiger charge is 2.37. The summed E-state index contributed by atoms with van der Waals surface area (Å²) in [4.78, 5) is 23.5. The first kappa shape index (κ1) is 15.0. The summed E-state index contributed by atoms with van der Waals surface area (Å²) in [6.45, 7) is 1.87. The molecule has 0 radical (unpaired) electrons. The number of hydrogen-bond acceptors (Lipinski definition) is 2. The lowest BCUT2D eigenvalue weighted by molar-refractivity contribution is -0.138. The summed E-state index contributed by atoms with van der Waals surface area (Å²) < 4.78 is 0.879. The fraction of sp³-hybridized carbons (Fsp3) is 0.467. The van der Waals surface area contributed by atoms with Crippen LogP contribution in [-0.4, -0.2) is 22.5 Å². The van der Waals surface area contributed by atoms with Crippen molar-refractivity contribution < 1.29 is 14.7 Å². The van der Waals surface area contributed by atoms with Crippen LogP contribution in [0.1, 0.15) is 48.0 Å². The number of carboxylic acids is 1. The molecule has 4 nitrogen and oxygen atoms in total. The number of aliphatic carboxylic acids is 1. The molecule has 0 bridgehead atoms. The minimum absolute atomic E-state index is 0.00814. The summed E-state index contributed by atoms with van der Waals surface area (Å²) in [6, 6.07) is 5.46. The molecule has 1 aromatic rings. The molecule has 1 amide bonds. The maximum Gasteiger partial charge on any atom is 0.305 e. The zero-order valence-electron chi connectivity index (χ0n) is 11.4. The minimum Gasteiger partial charge on any atom is -0.481 e. The standard InChI is InChI=1S/C15H18BrNO3/c1-10-11(5-4-6-12(10)16)14(20)17-15(9-13(18)19)7-2-3-8-15/h4-6H,2-3,7-9H2,1H3,(H,17,20)(H,18,19). The van der Waals surface area contributed by atoms with Gasteiger partial charge in [-0.2, -0.15) is 0 Å². The van der Waals surface area contributed by atoms with Gasteiger partial charge in [-0.15, -0.1) is 0 Å². The molecule has 0 aromatic heterocycles. The van der Waals surface area contributed by atoms with Crippen molar-refractivity contribution in [3.05, 3.63) is 33.8 Å². The first-order valence-electron chi connectivity index (χ1n) is 6.73. The van der Waals surface area contributed by atoms with E-state index in [0.29, 0.717) is 5.56 Å². The van der Waals surface area contributed by atoms with E-state index in [1.54, 1.807) is 6.07 Å². The van der Waals surface area contributed by atoms with Crippen molar-refractivity contribution >= 4 is 27.8 Å². The number of halogens is 1.